The van der Waals surface area contributed by atoms with Crippen molar-refractivity contribution in [2.75, 3.05) is 13.1 Å². The van der Waals surface area contributed by atoms with Crippen molar-refractivity contribution in [2.45, 2.75) is 18.4 Å². The molecule has 17 heavy (non-hydrogen) atoms. The van der Waals surface area contributed by atoms with Crippen LogP contribution in [-0.4, -0.2) is 51.5 Å². The third kappa shape index (κ3) is 1.73. The topological polar surface area (TPSA) is 101 Å². The summed E-state index contributed by atoms with van der Waals surface area (Å²) in [6.45, 7) is 0.00667. The predicted octanol–water partition coefficient (Wildman–Crippen LogP) is -0.672. The molecule has 7 heteroatoms. The standard InChI is InChI=1S/C10H11N2O5/c13-7-1-2-8(14)12(7)10(9(15)16)3-5-11(17)6-4-10/h1-2H,3-6H2,(H,15,16)/q-1. The summed E-state index contributed by atoms with van der Waals surface area (Å²) in [5.41, 5.74) is -1.57. The number of nitrogens with zero attached hydrogens (tertiary/aromatic N) is 2. The Morgan fingerprint density at radius 2 is 1.71 bits per heavy atom. The molecule has 2 amide bonds. The van der Waals surface area contributed by atoms with Crippen molar-refractivity contribution in [3.8, 4) is 0 Å². The van der Waals surface area contributed by atoms with Crippen molar-refractivity contribution in [3.05, 3.63) is 17.4 Å². The van der Waals surface area contributed by atoms with Crippen molar-refractivity contribution in [2.24, 2.45) is 0 Å². The third-order valence-corrected chi connectivity index (χ3v) is 3.18. The van der Waals surface area contributed by atoms with Gasteiger partial charge < -0.3 is 15.4 Å². The van der Waals surface area contributed by atoms with E-state index in [4.69, 9.17) is 0 Å². The Morgan fingerprint density at radius 3 is 2.12 bits per heavy atom. The highest BCUT2D eigenvalue weighted by Crippen LogP contribution is 2.31. The normalized spacial score (nSPS) is 24.4. The summed E-state index contributed by atoms with van der Waals surface area (Å²) in [6, 6.07) is 0. The molecule has 0 unspecified atom stereocenters. The van der Waals surface area contributed by atoms with E-state index in [2.05, 4.69) is 0 Å². The maximum absolute atomic E-state index is 11.5. The summed E-state index contributed by atoms with van der Waals surface area (Å²) in [7, 11) is 0. The quantitative estimate of drug-likeness (QED) is 0.641. The average Bonchev–Trinajstić information content (AvgIpc) is 2.61. The van der Waals surface area contributed by atoms with E-state index >= 15 is 0 Å². The Labute approximate surface area is 96.9 Å². The van der Waals surface area contributed by atoms with Crippen LogP contribution < -0.4 is 0 Å². The zero-order chi connectivity index (χ0) is 12.6. The first kappa shape index (κ1) is 11.7. The van der Waals surface area contributed by atoms with Crippen molar-refractivity contribution >= 4 is 17.8 Å². The molecule has 1 fully saturated rings. The zero-order valence-corrected chi connectivity index (χ0v) is 8.96. The fourth-order valence-corrected chi connectivity index (χ4v) is 2.21. The van der Waals surface area contributed by atoms with E-state index in [0.29, 0.717) is 0 Å². The number of carboxylic acid groups (broad SMARTS) is 1. The lowest BCUT2D eigenvalue weighted by Gasteiger charge is -2.45. The number of carboxylic acids is 1. The van der Waals surface area contributed by atoms with E-state index in [1.807, 2.05) is 0 Å². The number of carbonyl (C=O) groups is 3. The molecule has 0 aromatic carbocycles. The minimum atomic E-state index is -1.57. The number of hydrogen-bond donors (Lipinski definition) is 1. The minimum absolute atomic E-state index is 0.00333. The van der Waals surface area contributed by atoms with E-state index < -0.39 is 23.3 Å². The first-order valence-electron chi connectivity index (χ1n) is 5.19. The van der Waals surface area contributed by atoms with Crippen molar-refractivity contribution in [1.82, 2.24) is 9.96 Å². The molecule has 0 spiro atoms. The van der Waals surface area contributed by atoms with Crippen LogP contribution in [0.2, 0.25) is 0 Å². The lowest BCUT2D eigenvalue weighted by Crippen LogP contribution is -2.61. The molecule has 0 bridgehead atoms. The maximum Gasteiger partial charge on any atom is 0.330 e. The molecule has 2 aliphatic rings. The first-order chi connectivity index (χ1) is 7.97. The van der Waals surface area contributed by atoms with Gasteiger partial charge in [0.2, 0.25) is 0 Å². The van der Waals surface area contributed by atoms with Gasteiger partial charge in [0, 0.05) is 12.2 Å². The number of rotatable bonds is 2. The number of imide groups is 1. The molecule has 1 N–H and O–H groups in total. The van der Waals surface area contributed by atoms with E-state index in [9.17, 15) is 24.7 Å². The molecule has 2 aliphatic heterocycles. The van der Waals surface area contributed by atoms with Crippen LogP contribution in [0.15, 0.2) is 12.2 Å². The average molecular weight is 239 g/mol. The van der Waals surface area contributed by atoms with Crippen molar-refractivity contribution in [1.29, 1.82) is 0 Å². The molecule has 0 aromatic rings. The second kappa shape index (κ2) is 3.94. The molecule has 0 saturated carbocycles. The highest BCUT2D eigenvalue weighted by atomic mass is 16.5. The van der Waals surface area contributed by atoms with Crippen LogP contribution in [0.25, 0.3) is 0 Å². The monoisotopic (exact) mass is 239 g/mol. The molecule has 1 saturated heterocycles. The smallest absolute Gasteiger partial charge is 0.330 e. The Kier molecular flexibility index (Phi) is 2.72. The van der Waals surface area contributed by atoms with Gasteiger partial charge in [-0.15, -0.1) is 0 Å². The molecule has 2 heterocycles. The largest absolute Gasteiger partial charge is 0.785 e. The van der Waals surface area contributed by atoms with E-state index in [1.165, 1.54) is 0 Å². The molecule has 0 radical (unpaired) electrons. The second-order valence-corrected chi connectivity index (χ2v) is 4.11. The molecule has 0 atom stereocenters. The maximum atomic E-state index is 11.5. The van der Waals surface area contributed by atoms with Gasteiger partial charge in [0.15, 0.2) is 5.54 Å². The molecule has 7 nitrogen and oxygen atoms in total. The van der Waals surface area contributed by atoms with Gasteiger partial charge in [0.1, 0.15) is 0 Å². The fourth-order valence-electron chi connectivity index (χ4n) is 2.21. The van der Waals surface area contributed by atoms with E-state index in [1.54, 1.807) is 0 Å². The van der Waals surface area contributed by atoms with E-state index in [0.717, 1.165) is 22.1 Å². The second-order valence-electron chi connectivity index (χ2n) is 4.11. The lowest BCUT2D eigenvalue weighted by atomic mass is 9.86. The van der Waals surface area contributed by atoms with Gasteiger partial charge in [-0.25, -0.2) is 4.79 Å². The van der Waals surface area contributed by atoms with Crippen LogP contribution in [0, 0.1) is 5.21 Å². The van der Waals surface area contributed by atoms with Gasteiger partial charge in [-0.2, -0.15) is 0 Å². The van der Waals surface area contributed by atoms with Gasteiger partial charge in [0.25, 0.3) is 11.8 Å². The first-order valence-corrected chi connectivity index (χ1v) is 5.19. The highest BCUT2D eigenvalue weighted by molar-refractivity contribution is 6.15. The number of carbonyl (C=O) groups excluding carboxylic acids is 2. The number of amides is 2. The number of hydrogen-bond acceptors (Lipinski definition) is 5. The van der Waals surface area contributed by atoms with Gasteiger partial charge in [-0.1, -0.05) is 0 Å². The summed E-state index contributed by atoms with van der Waals surface area (Å²) < 4.78 is 0. The molecule has 0 aliphatic carbocycles. The predicted molar refractivity (Wildman–Crippen MR) is 55.5 cm³/mol. The Bertz CT molecular complexity index is 391. The Morgan fingerprint density at radius 1 is 1.24 bits per heavy atom. The van der Waals surface area contributed by atoms with E-state index in [-0.39, 0.29) is 25.9 Å². The van der Waals surface area contributed by atoms with Crippen LogP contribution in [0.4, 0.5) is 0 Å². The number of aliphatic carboxylic acids is 1. The van der Waals surface area contributed by atoms with Crippen molar-refractivity contribution < 1.29 is 19.5 Å². The van der Waals surface area contributed by atoms with Gasteiger partial charge in [0.05, 0.1) is 0 Å². The number of hydroxylamine groups is 2. The van der Waals surface area contributed by atoms with Gasteiger partial charge in [-0.3, -0.25) is 14.5 Å². The van der Waals surface area contributed by atoms with Crippen LogP contribution in [-0.2, 0) is 14.4 Å². The highest BCUT2D eigenvalue weighted by Gasteiger charge is 2.51. The van der Waals surface area contributed by atoms with Gasteiger partial charge in [-0.05, 0) is 25.9 Å². The van der Waals surface area contributed by atoms with Crippen LogP contribution >= 0.6 is 0 Å². The number of piperidine rings is 1. The zero-order valence-electron chi connectivity index (χ0n) is 8.96. The summed E-state index contributed by atoms with van der Waals surface area (Å²) >= 11 is 0. The molecule has 92 valence electrons. The van der Waals surface area contributed by atoms with Gasteiger partial charge >= 0.3 is 5.97 Å². The minimum Gasteiger partial charge on any atom is -0.785 e. The molecular weight excluding hydrogens is 228 g/mol. The molecule has 0 aromatic heterocycles. The van der Waals surface area contributed by atoms with Crippen LogP contribution in [0.5, 0.6) is 0 Å². The van der Waals surface area contributed by atoms with Crippen LogP contribution in [0.1, 0.15) is 12.8 Å². The Hall–Kier alpha value is -1.73. The lowest BCUT2D eigenvalue weighted by molar-refractivity contribution is -0.165. The van der Waals surface area contributed by atoms with Crippen molar-refractivity contribution in [3.63, 3.8) is 0 Å². The summed E-state index contributed by atoms with van der Waals surface area (Å²) in [5.74, 6) is -2.50. The summed E-state index contributed by atoms with van der Waals surface area (Å²) in [4.78, 5) is 35.2. The fraction of sp³-hybridized carbons (Fsp3) is 0.500. The SMILES string of the molecule is O=C1C=CC(=O)N1C1(C(=O)O)CCN([O-])CC1. The van der Waals surface area contributed by atoms with Crippen LogP contribution in [0.3, 0.4) is 0 Å². The summed E-state index contributed by atoms with van der Waals surface area (Å²) in [6.07, 6.45) is 2.03. The Balaban J connectivity index is 2.32. The molecular formula is C10H11N2O5-. The third-order valence-electron chi connectivity index (χ3n) is 3.18. The molecule has 2 rings (SSSR count). The summed E-state index contributed by atoms with van der Waals surface area (Å²) in [5, 5.41) is 21.1.